The van der Waals surface area contributed by atoms with Crippen molar-refractivity contribution in [3.63, 3.8) is 0 Å². The fourth-order valence-corrected chi connectivity index (χ4v) is 1.77. The van der Waals surface area contributed by atoms with Crippen molar-refractivity contribution in [3.8, 4) is 0 Å². The molecule has 0 amide bonds. The minimum absolute atomic E-state index is 0.0658. The van der Waals surface area contributed by atoms with Crippen LogP contribution in [-0.4, -0.2) is 47.8 Å². The van der Waals surface area contributed by atoms with Crippen molar-refractivity contribution in [1.29, 1.82) is 0 Å². The molecule has 90 valence electrons. The highest BCUT2D eigenvalue weighted by atomic mass is 16.5. The van der Waals surface area contributed by atoms with Gasteiger partial charge in [0.2, 0.25) is 11.7 Å². The van der Waals surface area contributed by atoms with Crippen LogP contribution in [0.15, 0.2) is 4.52 Å². The summed E-state index contributed by atoms with van der Waals surface area (Å²) < 4.78 is 10.7. The highest BCUT2D eigenvalue weighted by molar-refractivity contribution is 4.94. The van der Waals surface area contributed by atoms with Gasteiger partial charge in [0.05, 0.1) is 6.61 Å². The van der Waals surface area contributed by atoms with E-state index in [0.717, 1.165) is 26.2 Å². The van der Waals surface area contributed by atoms with Gasteiger partial charge < -0.3 is 15.0 Å². The Hall–Kier alpha value is -0.980. The van der Waals surface area contributed by atoms with E-state index in [4.69, 9.17) is 15.0 Å². The van der Waals surface area contributed by atoms with Gasteiger partial charge in [-0.25, -0.2) is 0 Å². The topological polar surface area (TPSA) is 77.4 Å². The van der Waals surface area contributed by atoms with Crippen LogP contribution >= 0.6 is 0 Å². The summed E-state index contributed by atoms with van der Waals surface area (Å²) in [4.78, 5) is 6.60. The van der Waals surface area contributed by atoms with Crippen LogP contribution in [0.3, 0.4) is 0 Å². The summed E-state index contributed by atoms with van der Waals surface area (Å²) in [6.07, 6.45) is 0.556. The third kappa shape index (κ3) is 2.58. The van der Waals surface area contributed by atoms with Crippen molar-refractivity contribution in [1.82, 2.24) is 15.0 Å². The molecule has 0 spiro atoms. The first-order valence-electron chi connectivity index (χ1n) is 5.70. The minimum Gasteiger partial charge on any atom is -0.367 e. The molecule has 16 heavy (non-hydrogen) atoms. The van der Waals surface area contributed by atoms with Gasteiger partial charge in [-0.15, -0.1) is 0 Å². The number of hydrogen-bond acceptors (Lipinski definition) is 6. The Morgan fingerprint density at radius 1 is 1.56 bits per heavy atom. The van der Waals surface area contributed by atoms with Crippen molar-refractivity contribution < 1.29 is 9.26 Å². The van der Waals surface area contributed by atoms with Crippen LogP contribution in [0.2, 0.25) is 0 Å². The van der Waals surface area contributed by atoms with E-state index in [0.29, 0.717) is 24.7 Å². The van der Waals surface area contributed by atoms with Crippen LogP contribution in [0.4, 0.5) is 0 Å². The van der Waals surface area contributed by atoms with Gasteiger partial charge in [-0.1, -0.05) is 12.1 Å². The minimum atomic E-state index is -0.0658. The zero-order valence-corrected chi connectivity index (χ0v) is 9.56. The summed E-state index contributed by atoms with van der Waals surface area (Å²) >= 11 is 0. The summed E-state index contributed by atoms with van der Waals surface area (Å²) in [5, 5.41) is 3.93. The van der Waals surface area contributed by atoms with E-state index < -0.39 is 0 Å². The number of likely N-dealkylation sites (N-methyl/N-ethyl adjacent to an activating group) is 1. The number of ether oxygens (including phenoxy) is 1. The van der Waals surface area contributed by atoms with Gasteiger partial charge in [0.15, 0.2) is 0 Å². The Balaban J connectivity index is 1.99. The Kier molecular flexibility index (Phi) is 3.87. The largest absolute Gasteiger partial charge is 0.367 e. The molecule has 0 radical (unpaired) electrons. The fourth-order valence-electron chi connectivity index (χ4n) is 1.77. The van der Waals surface area contributed by atoms with Crippen LogP contribution < -0.4 is 5.73 Å². The maximum absolute atomic E-state index is 5.63. The maximum atomic E-state index is 5.63. The van der Waals surface area contributed by atoms with Gasteiger partial charge in [-0.3, -0.25) is 4.90 Å². The second-order valence-electron chi connectivity index (χ2n) is 3.84. The third-order valence-electron chi connectivity index (χ3n) is 2.73. The van der Waals surface area contributed by atoms with E-state index in [9.17, 15) is 0 Å². The lowest BCUT2D eigenvalue weighted by Gasteiger charge is -2.30. The molecule has 2 heterocycles. The first-order chi connectivity index (χ1) is 7.83. The van der Waals surface area contributed by atoms with E-state index in [1.165, 1.54) is 0 Å². The summed E-state index contributed by atoms with van der Waals surface area (Å²) in [5.74, 6) is 1.23. The first kappa shape index (κ1) is 11.5. The zero-order valence-electron chi connectivity index (χ0n) is 9.56. The Bertz CT molecular complexity index is 328. The molecule has 0 bridgehead atoms. The maximum Gasteiger partial charge on any atom is 0.228 e. The molecular weight excluding hydrogens is 208 g/mol. The lowest BCUT2D eigenvalue weighted by Crippen LogP contribution is -2.38. The normalized spacial score (nSPS) is 22.5. The predicted octanol–water partition coefficient (Wildman–Crippen LogP) is -0.0360. The second kappa shape index (κ2) is 5.38. The molecule has 1 saturated heterocycles. The molecule has 1 aliphatic heterocycles. The van der Waals surface area contributed by atoms with Crippen molar-refractivity contribution in [3.05, 3.63) is 11.7 Å². The number of rotatable bonds is 4. The SMILES string of the molecule is CCN1CCOC(c2noc(CCN)n2)C1. The molecule has 2 rings (SSSR count). The molecular formula is C10H18N4O2. The average Bonchev–Trinajstić information content (AvgIpc) is 2.78. The predicted molar refractivity (Wildman–Crippen MR) is 57.9 cm³/mol. The smallest absolute Gasteiger partial charge is 0.228 e. The molecule has 1 aromatic heterocycles. The van der Waals surface area contributed by atoms with Crippen molar-refractivity contribution in [2.45, 2.75) is 19.4 Å². The molecule has 6 nitrogen and oxygen atoms in total. The van der Waals surface area contributed by atoms with E-state index in [2.05, 4.69) is 22.0 Å². The summed E-state index contributed by atoms with van der Waals surface area (Å²) in [6, 6.07) is 0. The van der Waals surface area contributed by atoms with Crippen LogP contribution in [0.1, 0.15) is 24.7 Å². The standard InChI is InChI=1S/C10H18N4O2/c1-2-14-5-6-15-8(7-14)10-12-9(3-4-11)16-13-10/h8H,2-7,11H2,1H3. The Morgan fingerprint density at radius 3 is 3.19 bits per heavy atom. The summed E-state index contributed by atoms with van der Waals surface area (Å²) in [7, 11) is 0. The lowest BCUT2D eigenvalue weighted by molar-refractivity contribution is -0.0334. The van der Waals surface area contributed by atoms with Crippen LogP contribution in [0.25, 0.3) is 0 Å². The van der Waals surface area contributed by atoms with Crippen molar-refractivity contribution in [2.24, 2.45) is 5.73 Å². The molecule has 1 fully saturated rings. The third-order valence-corrected chi connectivity index (χ3v) is 2.73. The highest BCUT2D eigenvalue weighted by Crippen LogP contribution is 2.19. The van der Waals surface area contributed by atoms with E-state index in [1.807, 2.05) is 0 Å². The Labute approximate surface area is 94.7 Å². The number of morpholine rings is 1. The number of nitrogens with zero attached hydrogens (tertiary/aromatic N) is 3. The monoisotopic (exact) mass is 226 g/mol. The fraction of sp³-hybridized carbons (Fsp3) is 0.800. The van der Waals surface area contributed by atoms with Gasteiger partial charge in [0.1, 0.15) is 6.10 Å². The van der Waals surface area contributed by atoms with Crippen LogP contribution in [0.5, 0.6) is 0 Å². The number of aromatic nitrogens is 2. The molecule has 0 aromatic carbocycles. The zero-order chi connectivity index (χ0) is 11.4. The van der Waals surface area contributed by atoms with Gasteiger partial charge in [0, 0.05) is 26.1 Å². The number of nitrogens with two attached hydrogens (primary N) is 1. The van der Waals surface area contributed by atoms with Gasteiger partial charge in [0.25, 0.3) is 0 Å². The van der Waals surface area contributed by atoms with Gasteiger partial charge >= 0.3 is 0 Å². The van der Waals surface area contributed by atoms with E-state index in [1.54, 1.807) is 0 Å². The molecule has 1 aliphatic rings. The van der Waals surface area contributed by atoms with E-state index in [-0.39, 0.29) is 6.10 Å². The quantitative estimate of drug-likeness (QED) is 0.776. The average molecular weight is 226 g/mol. The van der Waals surface area contributed by atoms with Gasteiger partial charge in [-0.2, -0.15) is 4.98 Å². The molecule has 1 aromatic rings. The van der Waals surface area contributed by atoms with Crippen molar-refractivity contribution in [2.75, 3.05) is 32.8 Å². The summed E-state index contributed by atoms with van der Waals surface area (Å²) in [6.45, 7) is 6.21. The second-order valence-corrected chi connectivity index (χ2v) is 3.84. The molecule has 1 atom stereocenters. The Morgan fingerprint density at radius 2 is 2.44 bits per heavy atom. The molecule has 1 unspecified atom stereocenters. The van der Waals surface area contributed by atoms with Crippen LogP contribution in [-0.2, 0) is 11.2 Å². The van der Waals surface area contributed by atoms with Gasteiger partial charge in [-0.05, 0) is 6.54 Å². The lowest BCUT2D eigenvalue weighted by atomic mass is 10.2. The van der Waals surface area contributed by atoms with Crippen LogP contribution in [0, 0.1) is 0 Å². The molecule has 0 aliphatic carbocycles. The molecule has 2 N–H and O–H groups in total. The molecule has 6 heteroatoms. The van der Waals surface area contributed by atoms with Crippen molar-refractivity contribution >= 4 is 0 Å². The van der Waals surface area contributed by atoms with E-state index >= 15 is 0 Å². The molecule has 0 saturated carbocycles. The summed E-state index contributed by atoms with van der Waals surface area (Å²) in [5.41, 5.74) is 5.42. The number of hydrogen-bond donors (Lipinski definition) is 1. The first-order valence-corrected chi connectivity index (χ1v) is 5.70. The highest BCUT2D eigenvalue weighted by Gasteiger charge is 2.25.